The second-order valence-corrected chi connectivity index (χ2v) is 7.39. The summed E-state index contributed by atoms with van der Waals surface area (Å²) in [6, 6.07) is 26.6. The Balaban J connectivity index is 2.23. The number of nitrogens with one attached hydrogen (secondary N) is 1. The van der Waals surface area contributed by atoms with Gasteiger partial charge in [0.25, 0.3) is 0 Å². The number of aryl methyl sites for hydroxylation is 1. The number of carbonyl (C=O) groups is 2. The molecule has 0 aliphatic carbocycles. The van der Waals surface area contributed by atoms with Crippen LogP contribution in [0.25, 0.3) is 0 Å². The number of nitrogens with two attached hydrogens (primary N) is 1. The minimum absolute atomic E-state index is 0.0163. The lowest BCUT2D eigenvalue weighted by atomic mass is 9.76. The van der Waals surface area contributed by atoms with Crippen molar-refractivity contribution in [3.63, 3.8) is 0 Å². The minimum atomic E-state index is -1.03. The molecule has 5 heteroatoms. The Morgan fingerprint density at radius 3 is 1.77 bits per heavy atom. The monoisotopic (exact) mass is 402 g/mol. The fourth-order valence-electron chi connectivity index (χ4n) is 3.74. The fraction of sp³-hybridized carbons (Fsp3) is 0.200. The van der Waals surface area contributed by atoms with Gasteiger partial charge >= 0.3 is 5.97 Å². The molecule has 4 N–H and O–H groups in total. The molecule has 30 heavy (non-hydrogen) atoms. The molecule has 0 aromatic heterocycles. The molecule has 0 bridgehead atoms. The number of amides is 1. The van der Waals surface area contributed by atoms with Crippen molar-refractivity contribution in [2.24, 2.45) is 5.73 Å². The van der Waals surface area contributed by atoms with Crippen LogP contribution in [0.4, 0.5) is 0 Å². The highest BCUT2D eigenvalue weighted by Crippen LogP contribution is 2.37. The van der Waals surface area contributed by atoms with E-state index in [1.54, 1.807) is 0 Å². The van der Waals surface area contributed by atoms with Crippen LogP contribution in [0, 0.1) is 6.92 Å². The molecule has 0 aliphatic heterocycles. The van der Waals surface area contributed by atoms with E-state index >= 15 is 0 Å². The van der Waals surface area contributed by atoms with E-state index in [-0.39, 0.29) is 12.8 Å². The van der Waals surface area contributed by atoms with Crippen LogP contribution in [0.3, 0.4) is 0 Å². The normalized spacial score (nSPS) is 12.3. The fourth-order valence-corrected chi connectivity index (χ4v) is 3.74. The molecular formula is C25H26N2O3. The maximum atomic E-state index is 12.1. The molecule has 1 atom stereocenters. The molecule has 0 radical (unpaired) electrons. The van der Waals surface area contributed by atoms with Gasteiger partial charge in [-0.3, -0.25) is 14.9 Å². The topological polar surface area (TPSA) is 92.4 Å². The van der Waals surface area contributed by atoms with E-state index in [4.69, 9.17) is 5.73 Å². The lowest BCUT2D eigenvalue weighted by Gasteiger charge is -2.39. The highest BCUT2D eigenvalue weighted by Gasteiger charge is 2.39. The molecule has 0 aliphatic rings. The summed E-state index contributed by atoms with van der Waals surface area (Å²) in [4.78, 5) is 23.5. The van der Waals surface area contributed by atoms with Gasteiger partial charge in [0, 0.05) is 6.42 Å². The number of carbonyl (C=O) groups excluding carboxylic acids is 1. The number of benzene rings is 3. The summed E-state index contributed by atoms with van der Waals surface area (Å²) >= 11 is 0. The first-order valence-corrected chi connectivity index (χ1v) is 9.90. The number of primary amides is 1. The van der Waals surface area contributed by atoms with E-state index in [1.165, 1.54) is 0 Å². The van der Waals surface area contributed by atoms with Crippen LogP contribution in [0.5, 0.6) is 0 Å². The summed E-state index contributed by atoms with van der Waals surface area (Å²) < 4.78 is 0. The average Bonchev–Trinajstić information content (AvgIpc) is 2.76. The van der Waals surface area contributed by atoms with Gasteiger partial charge in [-0.15, -0.1) is 0 Å². The third kappa shape index (κ3) is 4.58. The van der Waals surface area contributed by atoms with Gasteiger partial charge < -0.3 is 10.8 Å². The summed E-state index contributed by atoms with van der Waals surface area (Å²) in [6.45, 7) is 2.01. The first-order chi connectivity index (χ1) is 14.4. The Hall–Kier alpha value is -3.44. The lowest BCUT2D eigenvalue weighted by Crippen LogP contribution is -2.52. The third-order valence-electron chi connectivity index (χ3n) is 5.27. The van der Waals surface area contributed by atoms with Crippen molar-refractivity contribution < 1.29 is 14.7 Å². The first kappa shape index (κ1) is 21.3. The van der Waals surface area contributed by atoms with Crippen LogP contribution < -0.4 is 11.1 Å². The Labute approximate surface area is 176 Å². The molecule has 154 valence electrons. The van der Waals surface area contributed by atoms with E-state index < -0.39 is 23.5 Å². The Kier molecular flexibility index (Phi) is 6.65. The van der Waals surface area contributed by atoms with E-state index in [1.807, 2.05) is 91.9 Å². The van der Waals surface area contributed by atoms with Crippen molar-refractivity contribution >= 4 is 11.9 Å². The zero-order valence-electron chi connectivity index (χ0n) is 16.9. The van der Waals surface area contributed by atoms with E-state index in [9.17, 15) is 14.7 Å². The molecular weight excluding hydrogens is 376 g/mol. The molecule has 0 saturated carbocycles. The van der Waals surface area contributed by atoms with Crippen molar-refractivity contribution in [2.45, 2.75) is 31.3 Å². The van der Waals surface area contributed by atoms with Crippen molar-refractivity contribution in [1.29, 1.82) is 0 Å². The van der Waals surface area contributed by atoms with Crippen molar-refractivity contribution in [3.8, 4) is 0 Å². The van der Waals surface area contributed by atoms with Crippen molar-refractivity contribution in [1.82, 2.24) is 5.32 Å². The summed E-state index contributed by atoms with van der Waals surface area (Å²) in [5.74, 6) is -1.55. The molecule has 3 aromatic rings. The lowest BCUT2D eigenvalue weighted by molar-refractivity contribution is -0.140. The van der Waals surface area contributed by atoms with Gasteiger partial charge in [0.2, 0.25) is 5.91 Å². The molecule has 0 saturated heterocycles. The molecule has 5 nitrogen and oxygen atoms in total. The number of aliphatic carboxylic acids is 1. The van der Waals surface area contributed by atoms with Crippen LogP contribution in [-0.2, 0) is 15.1 Å². The van der Waals surface area contributed by atoms with Crippen LogP contribution in [0.1, 0.15) is 35.1 Å². The van der Waals surface area contributed by atoms with Gasteiger partial charge in [-0.05, 0) is 30.0 Å². The molecule has 0 spiro atoms. The molecule has 1 amide bonds. The highest BCUT2D eigenvalue weighted by atomic mass is 16.4. The number of carboxylic acid groups (broad SMARTS) is 1. The van der Waals surface area contributed by atoms with Gasteiger partial charge in [0.1, 0.15) is 6.04 Å². The Bertz CT molecular complexity index is 946. The number of hydrogen-bond acceptors (Lipinski definition) is 3. The number of rotatable bonds is 9. The van der Waals surface area contributed by atoms with Crippen molar-refractivity contribution in [3.05, 3.63) is 107 Å². The summed E-state index contributed by atoms with van der Waals surface area (Å²) in [5, 5.41) is 13.3. The first-order valence-electron chi connectivity index (χ1n) is 9.90. The third-order valence-corrected chi connectivity index (χ3v) is 5.27. The van der Waals surface area contributed by atoms with E-state index in [0.717, 1.165) is 22.3 Å². The van der Waals surface area contributed by atoms with E-state index in [2.05, 4.69) is 5.32 Å². The van der Waals surface area contributed by atoms with Crippen LogP contribution in [0.15, 0.2) is 84.9 Å². The second kappa shape index (κ2) is 9.37. The Morgan fingerprint density at radius 2 is 1.33 bits per heavy atom. The standard InChI is InChI=1S/C25H26N2O3/c1-18-12-14-21(15-13-18)25(19-8-4-2-5-9-19,20-10-6-3-7-11-20)27-22(24(29)30)16-17-23(26)28/h2-15,22,27H,16-17H2,1H3,(H2,26,28)(H,29,30). The van der Waals surface area contributed by atoms with E-state index in [0.29, 0.717) is 0 Å². The average molecular weight is 402 g/mol. The van der Waals surface area contributed by atoms with Gasteiger partial charge in [-0.1, -0.05) is 90.5 Å². The smallest absolute Gasteiger partial charge is 0.320 e. The van der Waals surface area contributed by atoms with Crippen LogP contribution >= 0.6 is 0 Å². The summed E-state index contributed by atoms with van der Waals surface area (Å²) in [5.41, 5.74) is 8.21. The zero-order chi connectivity index (χ0) is 21.6. The maximum Gasteiger partial charge on any atom is 0.320 e. The maximum absolute atomic E-state index is 12.1. The predicted octanol–water partition coefficient (Wildman–Crippen LogP) is 3.60. The van der Waals surface area contributed by atoms with Crippen molar-refractivity contribution in [2.75, 3.05) is 0 Å². The van der Waals surface area contributed by atoms with Gasteiger partial charge in [0.15, 0.2) is 0 Å². The SMILES string of the molecule is Cc1ccc(C(NC(CCC(N)=O)C(=O)O)(c2ccccc2)c2ccccc2)cc1. The summed E-state index contributed by atoms with van der Waals surface area (Å²) in [7, 11) is 0. The Morgan fingerprint density at radius 1 is 0.867 bits per heavy atom. The largest absolute Gasteiger partial charge is 0.480 e. The molecule has 1 unspecified atom stereocenters. The quantitative estimate of drug-likeness (QED) is 0.477. The molecule has 0 heterocycles. The molecule has 3 aromatic carbocycles. The van der Waals surface area contributed by atoms with Gasteiger partial charge in [0.05, 0.1) is 5.54 Å². The second-order valence-electron chi connectivity index (χ2n) is 7.39. The predicted molar refractivity (Wildman–Crippen MR) is 117 cm³/mol. The number of hydrogen-bond donors (Lipinski definition) is 3. The molecule has 0 fully saturated rings. The van der Waals surface area contributed by atoms with Gasteiger partial charge in [-0.25, -0.2) is 0 Å². The van der Waals surface area contributed by atoms with Crippen LogP contribution in [-0.4, -0.2) is 23.0 Å². The van der Waals surface area contributed by atoms with Gasteiger partial charge in [-0.2, -0.15) is 0 Å². The highest BCUT2D eigenvalue weighted by molar-refractivity contribution is 5.77. The van der Waals surface area contributed by atoms with Crippen LogP contribution in [0.2, 0.25) is 0 Å². The minimum Gasteiger partial charge on any atom is -0.480 e. The summed E-state index contributed by atoms with van der Waals surface area (Å²) in [6.07, 6.45) is 0.0788. The zero-order valence-corrected chi connectivity index (χ0v) is 16.9. The molecule has 3 rings (SSSR count). The number of carboxylic acids is 1.